The van der Waals surface area contributed by atoms with Crippen LogP contribution in [0.4, 0.5) is 0 Å². The maximum absolute atomic E-state index is 3.56. The lowest BCUT2D eigenvalue weighted by Crippen LogP contribution is -2.50. The van der Waals surface area contributed by atoms with Crippen LogP contribution in [0, 0.1) is 5.92 Å². The van der Waals surface area contributed by atoms with Crippen LogP contribution in [-0.2, 0) is 0 Å². The molecule has 0 saturated carbocycles. The zero-order chi connectivity index (χ0) is 14.8. The van der Waals surface area contributed by atoms with Crippen LogP contribution in [0.1, 0.15) is 18.0 Å². The van der Waals surface area contributed by atoms with Crippen LogP contribution >= 0.6 is 23.5 Å². The molecule has 0 aromatic heterocycles. The maximum atomic E-state index is 3.56. The van der Waals surface area contributed by atoms with Gasteiger partial charge in [0.25, 0.3) is 0 Å². The van der Waals surface area contributed by atoms with Crippen molar-refractivity contribution in [2.75, 3.05) is 36.1 Å². The number of likely N-dealkylation sites (tertiary alicyclic amines) is 1. The van der Waals surface area contributed by atoms with E-state index < -0.39 is 0 Å². The van der Waals surface area contributed by atoms with E-state index in [4.69, 9.17) is 0 Å². The predicted octanol–water partition coefficient (Wildman–Crippen LogP) is 2.37. The lowest BCUT2D eigenvalue weighted by atomic mass is 9.84. The van der Waals surface area contributed by atoms with Crippen molar-refractivity contribution < 1.29 is 0 Å². The minimum atomic E-state index is 0.458. The summed E-state index contributed by atoms with van der Waals surface area (Å²) in [6, 6.07) is 12.8. The van der Waals surface area contributed by atoms with Crippen molar-refractivity contribution in [1.29, 1.82) is 0 Å². The third-order valence-electron chi connectivity index (χ3n) is 5.21. The van der Waals surface area contributed by atoms with Crippen LogP contribution in [-0.4, -0.2) is 53.1 Å². The quantitative estimate of drug-likeness (QED) is 0.865. The standard InChI is InChI=1S/C17H25N3S2/c1-2-4-13(5-3-1)17-15-10-20(7-6-16(15)18-19-17)14-11-21-8-9-22-12-14/h1-5,14-19H,6-12H2. The Labute approximate surface area is 142 Å². The highest BCUT2D eigenvalue weighted by Gasteiger charge is 2.41. The molecule has 0 spiro atoms. The van der Waals surface area contributed by atoms with Crippen LogP contribution in [0.2, 0.25) is 0 Å². The number of piperidine rings is 1. The van der Waals surface area contributed by atoms with E-state index in [2.05, 4.69) is 69.6 Å². The molecule has 1 aromatic carbocycles. The van der Waals surface area contributed by atoms with Gasteiger partial charge in [-0.05, 0) is 12.0 Å². The summed E-state index contributed by atoms with van der Waals surface area (Å²) >= 11 is 4.29. The van der Waals surface area contributed by atoms with Crippen molar-refractivity contribution in [3.8, 4) is 0 Å². The number of nitrogens with zero attached hydrogens (tertiary/aromatic N) is 1. The SMILES string of the molecule is c1ccc(C2NNC3CCN(C4CSCCSC4)CC32)cc1. The number of fused-ring (bicyclic) bond motifs is 1. The van der Waals surface area contributed by atoms with Gasteiger partial charge < -0.3 is 0 Å². The van der Waals surface area contributed by atoms with Crippen LogP contribution in [0.3, 0.4) is 0 Å². The number of rotatable bonds is 2. The molecule has 22 heavy (non-hydrogen) atoms. The number of nitrogens with one attached hydrogen (secondary N) is 2. The Hall–Kier alpha value is -0.200. The van der Waals surface area contributed by atoms with Crippen LogP contribution in [0.15, 0.2) is 30.3 Å². The maximum Gasteiger partial charge on any atom is 0.0518 e. The van der Waals surface area contributed by atoms with E-state index in [1.165, 1.54) is 48.1 Å². The number of hydrazine groups is 1. The second-order valence-electron chi connectivity index (χ2n) is 6.53. The van der Waals surface area contributed by atoms with E-state index in [9.17, 15) is 0 Å². The second kappa shape index (κ2) is 7.14. The molecule has 3 nitrogen and oxygen atoms in total. The summed E-state index contributed by atoms with van der Waals surface area (Å²) < 4.78 is 0. The molecule has 3 unspecified atom stereocenters. The molecule has 3 atom stereocenters. The fourth-order valence-corrected chi connectivity index (χ4v) is 6.59. The molecule has 5 heteroatoms. The van der Waals surface area contributed by atoms with Crippen molar-refractivity contribution >= 4 is 23.5 Å². The van der Waals surface area contributed by atoms with Crippen molar-refractivity contribution in [2.24, 2.45) is 5.92 Å². The molecule has 4 rings (SSSR count). The van der Waals surface area contributed by atoms with E-state index in [1.54, 1.807) is 0 Å². The van der Waals surface area contributed by atoms with Gasteiger partial charge in [-0.25, -0.2) is 5.43 Å². The predicted molar refractivity (Wildman–Crippen MR) is 97.4 cm³/mol. The van der Waals surface area contributed by atoms with Gasteiger partial charge in [0.2, 0.25) is 0 Å². The van der Waals surface area contributed by atoms with Gasteiger partial charge in [-0.1, -0.05) is 30.3 Å². The molecule has 3 fully saturated rings. The summed E-state index contributed by atoms with van der Waals surface area (Å²) in [5.74, 6) is 5.99. The number of benzene rings is 1. The Bertz CT molecular complexity index is 476. The lowest BCUT2D eigenvalue weighted by molar-refractivity contribution is 0.128. The zero-order valence-corrected chi connectivity index (χ0v) is 14.5. The Kier molecular flexibility index (Phi) is 4.98. The Morgan fingerprint density at radius 2 is 1.77 bits per heavy atom. The molecule has 0 radical (unpaired) electrons. The first kappa shape index (κ1) is 15.3. The number of thioether (sulfide) groups is 2. The van der Waals surface area contributed by atoms with Gasteiger partial charge in [-0.2, -0.15) is 23.5 Å². The van der Waals surface area contributed by atoms with E-state index >= 15 is 0 Å². The van der Waals surface area contributed by atoms with Crippen molar-refractivity contribution in [3.05, 3.63) is 35.9 Å². The molecule has 3 heterocycles. The topological polar surface area (TPSA) is 27.3 Å². The summed E-state index contributed by atoms with van der Waals surface area (Å²) in [5, 5.41) is 0. The van der Waals surface area contributed by atoms with Gasteiger partial charge in [-0.15, -0.1) is 0 Å². The molecule has 120 valence electrons. The monoisotopic (exact) mass is 335 g/mol. The third-order valence-corrected chi connectivity index (χ3v) is 7.69. The largest absolute Gasteiger partial charge is 0.298 e. The Morgan fingerprint density at radius 3 is 2.55 bits per heavy atom. The van der Waals surface area contributed by atoms with E-state index in [-0.39, 0.29) is 0 Å². The summed E-state index contributed by atoms with van der Waals surface area (Å²) in [4.78, 5) is 2.77. The molecule has 0 bridgehead atoms. The van der Waals surface area contributed by atoms with Gasteiger partial charge in [-0.3, -0.25) is 10.3 Å². The van der Waals surface area contributed by atoms with Crippen molar-refractivity contribution in [1.82, 2.24) is 15.8 Å². The normalized spacial score (nSPS) is 34.3. The molecular weight excluding hydrogens is 310 g/mol. The average molecular weight is 336 g/mol. The summed E-state index contributed by atoms with van der Waals surface area (Å²) in [6.45, 7) is 2.49. The molecule has 0 amide bonds. The van der Waals surface area contributed by atoms with Gasteiger partial charge in [0.05, 0.1) is 6.04 Å². The van der Waals surface area contributed by atoms with Crippen LogP contribution in [0.25, 0.3) is 0 Å². The summed E-state index contributed by atoms with van der Waals surface area (Å²) in [7, 11) is 0. The molecule has 1 aromatic rings. The van der Waals surface area contributed by atoms with Crippen LogP contribution in [0.5, 0.6) is 0 Å². The number of hydrogen-bond donors (Lipinski definition) is 2. The highest BCUT2D eigenvalue weighted by Crippen LogP contribution is 2.35. The summed E-state index contributed by atoms with van der Waals surface area (Å²) in [5.41, 5.74) is 8.54. The van der Waals surface area contributed by atoms with Gasteiger partial charge in [0.15, 0.2) is 0 Å². The Morgan fingerprint density at radius 1 is 1.00 bits per heavy atom. The van der Waals surface area contributed by atoms with Gasteiger partial charge in [0, 0.05) is 54.1 Å². The van der Waals surface area contributed by atoms with E-state index in [0.717, 1.165) is 6.04 Å². The fourth-order valence-electron chi connectivity index (χ4n) is 3.97. The zero-order valence-electron chi connectivity index (χ0n) is 12.9. The third kappa shape index (κ3) is 3.20. The second-order valence-corrected chi connectivity index (χ2v) is 8.83. The minimum Gasteiger partial charge on any atom is -0.298 e. The highest BCUT2D eigenvalue weighted by molar-refractivity contribution is 8.03. The van der Waals surface area contributed by atoms with E-state index in [1.807, 2.05) is 0 Å². The average Bonchev–Trinajstić information content (AvgIpc) is 2.80. The molecule has 3 aliphatic rings. The molecule has 2 N–H and O–H groups in total. The van der Waals surface area contributed by atoms with E-state index in [0.29, 0.717) is 18.0 Å². The lowest BCUT2D eigenvalue weighted by Gasteiger charge is -2.40. The van der Waals surface area contributed by atoms with Gasteiger partial charge in [0.1, 0.15) is 0 Å². The molecule has 3 aliphatic heterocycles. The first-order chi connectivity index (χ1) is 10.9. The summed E-state index contributed by atoms with van der Waals surface area (Å²) in [6.07, 6.45) is 1.27. The minimum absolute atomic E-state index is 0.458. The molecule has 3 saturated heterocycles. The van der Waals surface area contributed by atoms with Crippen molar-refractivity contribution in [3.63, 3.8) is 0 Å². The Balaban J connectivity index is 1.47. The highest BCUT2D eigenvalue weighted by atomic mass is 32.2. The van der Waals surface area contributed by atoms with Crippen LogP contribution < -0.4 is 10.9 Å². The first-order valence-corrected chi connectivity index (χ1v) is 10.7. The first-order valence-electron chi connectivity index (χ1n) is 8.37. The number of hydrogen-bond acceptors (Lipinski definition) is 5. The fraction of sp³-hybridized carbons (Fsp3) is 0.647. The van der Waals surface area contributed by atoms with Crippen molar-refractivity contribution in [2.45, 2.75) is 24.5 Å². The molecule has 0 aliphatic carbocycles. The molecular formula is C17H25N3S2. The smallest absolute Gasteiger partial charge is 0.0518 e. The van der Waals surface area contributed by atoms with Gasteiger partial charge >= 0.3 is 0 Å².